The molecular formula is C18H13ClF2N4O2S. The van der Waals surface area contributed by atoms with E-state index in [9.17, 15) is 18.4 Å². The smallest absolute Gasteiger partial charge is 0.321 e. The van der Waals surface area contributed by atoms with Crippen molar-refractivity contribution in [3.63, 3.8) is 0 Å². The van der Waals surface area contributed by atoms with Crippen LogP contribution in [0.3, 0.4) is 0 Å². The lowest BCUT2D eigenvalue weighted by atomic mass is 10.3. The first kappa shape index (κ1) is 19.7. The van der Waals surface area contributed by atoms with Crippen LogP contribution in [-0.4, -0.2) is 16.9 Å². The fourth-order valence-corrected chi connectivity index (χ4v) is 3.20. The number of aryl methyl sites for hydroxylation is 1. The van der Waals surface area contributed by atoms with Crippen molar-refractivity contribution in [1.29, 1.82) is 0 Å². The van der Waals surface area contributed by atoms with Gasteiger partial charge in [-0.15, -0.1) is 0 Å². The van der Waals surface area contributed by atoms with Gasteiger partial charge >= 0.3 is 6.03 Å². The van der Waals surface area contributed by atoms with Crippen LogP contribution in [0.25, 0.3) is 0 Å². The number of amides is 3. The van der Waals surface area contributed by atoms with Gasteiger partial charge in [-0.2, -0.15) is 0 Å². The van der Waals surface area contributed by atoms with Crippen molar-refractivity contribution in [2.75, 3.05) is 16.0 Å². The van der Waals surface area contributed by atoms with Gasteiger partial charge in [-0.05, 0) is 43.3 Å². The fraction of sp³-hybridized carbons (Fsp3) is 0.0556. The van der Waals surface area contributed by atoms with E-state index in [4.69, 9.17) is 11.6 Å². The summed E-state index contributed by atoms with van der Waals surface area (Å²) in [5.41, 5.74) is 1.02. The zero-order chi connectivity index (χ0) is 20.3. The van der Waals surface area contributed by atoms with Gasteiger partial charge in [-0.25, -0.2) is 18.6 Å². The topological polar surface area (TPSA) is 83.1 Å². The van der Waals surface area contributed by atoms with Gasteiger partial charge in [0.1, 0.15) is 4.88 Å². The molecule has 3 aromatic rings. The van der Waals surface area contributed by atoms with Crippen molar-refractivity contribution >= 4 is 51.4 Å². The van der Waals surface area contributed by atoms with Gasteiger partial charge in [-0.1, -0.05) is 22.9 Å². The van der Waals surface area contributed by atoms with Gasteiger partial charge < -0.3 is 10.6 Å². The maximum Gasteiger partial charge on any atom is 0.325 e. The van der Waals surface area contributed by atoms with Crippen LogP contribution in [0.5, 0.6) is 0 Å². The van der Waals surface area contributed by atoms with Crippen molar-refractivity contribution in [3.8, 4) is 0 Å². The second-order valence-corrected chi connectivity index (χ2v) is 7.04. The Bertz CT molecular complexity index is 1040. The second kappa shape index (κ2) is 8.32. The number of halogens is 3. The number of thiazole rings is 1. The second-order valence-electron chi connectivity index (χ2n) is 5.60. The molecule has 0 spiro atoms. The zero-order valence-corrected chi connectivity index (χ0v) is 15.9. The summed E-state index contributed by atoms with van der Waals surface area (Å²) in [5.74, 6) is -2.63. The molecule has 0 fully saturated rings. The number of aromatic nitrogens is 1. The molecule has 28 heavy (non-hydrogen) atoms. The number of carbonyl (C=O) groups is 2. The molecule has 0 bridgehead atoms. The van der Waals surface area contributed by atoms with E-state index in [1.165, 1.54) is 6.07 Å². The van der Waals surface area contributed by atoms with Crippen LogP contribution in [0, 0.1) is 18.6 Å². The van der Waals surface area contributed by atoms with E-state index in [-0.39, 0.29) is 15.7 Å². The highest BCUT2D eigenvalue weighted by Gasteiger charge is 2.17. The summed E-state index contributed by atoms with van der Waals surface area (Å²) in [7, 11) is 0. The Hall–Kier alpha value is -3.04. The summed E-state index contributed by atoms with van der Waals surface area (Å²) in [6.07, 6.45) is 0. The number of urea groups is 1. The molecule has 0 unspecified atom stereocenters. The van der Waals surface area contributed by atoms with E-state index in [0.717, 1.165) is 23.5 Å². The summed E-state index contributed by atoms with van der Waals surface area (Å²) < 4.78 is 26.2. The van der Waals surface area contributed by atoms with E-state index >= 15 is 0 Å². The monoisotopic (exact) mass is 422 g/mol. The third-order valence-electron chi connectivity index (χ3n) is 3.50. The number of anilines is 3. The first-order valence-corrected chi connectivity index (χ1v) is 9.08. The summed E-state index contributed by atoms with van der Waals surface area (Å²) in [6, 6.07) is 9.03. The lowest BCUT2D eigenvalue weighted by Gasteiger charge is -2.05. The van der Waals surface area contributed by atoms with Crippen LogP contribution in [0.2, 0.25) is 5.02 Å². The van der Waals surface area contributed by atoms with Gasteiger partial charge in [0.05, 0.1) is 5.69 Å². The van der Waals surface area contributed by atoms with Gasteiger partial charge in [0, 0.05) is 22.5 Å². The number of nitrogens with one attached hydrogen (secondary N) is 3. The lowest BCUT2D eigenvalue weighted by Crippen LogP contribution is -2.19. The fourth-order valence-electron chi connectivity index (χ4n) is 2.21. The zero-order valence-electron chi connectivity index (χ0n) is 14.3. The molecular weight excluding hydrogens is 410 g/mol. The molecule has 3 rings (SSSR count). The summed E-state index contributed by atoms with van der Waals surface area (Å²) in [5, 5.41) is 8.35. The first-order valence-electron chi connectivity index (χ1n) is 7.89. The standard InChI is InChI=1S/C18H13ClF2N4O2S/c1-9-15(16(26)23-12-6-7-13(20)14(21)8-12)28-18(22-9)25-17(27)24-11-4-2-10(19)3-5-11/h2-8H,1H3,(H,23,26)(H2,22,24,25,27). The summed E-state index contributed by atoms with van der Waals surface area (Å²) >= 11 is 6.74. The molecule has 6 nitrogen and oxygen atoms in total. The summed E-state index contributed by atoms with van der Waals surface area (Å²) in [6.45, 7) is 1.60. The number of hydrogen-bond donors (Lipinski definition) is 3. The van der Waals surface area contributed by atoms with Crippen LogP contribution in [0.1, 0.15) is 15.4 Å². The molecule has 1 heterocycles. The molecule has 0 aliphatic rings. The van der Waals surface area contributed by atoms with Crippen molar-refractivity contribution in [1.82, 2.24) is 4.98 Å². The first-order chi connectivity index (χ1) is 13.3. The average Bonchev–Trinajstić information content (AvgIpc) is 3.00. The van der Waals surface area contributed by atoms with Crippen molar-refractivity contribution < 1.29 is 18.4 Å². The predicted molar refractivity (Wildman–Crippen MR) is 105 cm³/mol. The van der Waals surface area contributed by atoms with Gasteiger partial charge in [0.25, 0.3) is 5.91 Å². The molecule has 3 N–H and O–H groups in total. The highest BCUT2D eigenvalue weighted by atomic mass is 35.5. The van der Waals surface area contributed by atoms with Crippen LogP contribution in [-0.2, 0) is 0 Å². The quantitative estimate of drug-likeness (QED) is 0.535. The van der Waals surface area contributed by atoms with E-state index in [0.29, 0.717) is 16.4 Å². The SMILES string of the molecule is Cc1nc(NC(=O)Nc2ccc(Cl)cc2)sc1C(=O)Nc1ccc(F)c(F)c1. The molecule has 0 saturated heterocycles. The minimum absolute atomic E-state index is 0.103. The highest BCUT2D eigenvalue weighted by molar-refractivity contribution is 7.17. The van der Waals surface area contributed by atoms with Crippen LogP contribution in [0.4, 0.5) is 30.1 Å². The largest absolute Gasteiger partial charge is 0.325 e. The Morgan fingerprint density at radius 2 is 1.64 bits per heavy atom. The van der Waals surface area contributed by atoms with Crippen molar-refractivity contribution in [2.24, 2.45) is 0 Å². The Morgan fingerprint density at radius 3 is 2.32 bits per heavy atom. The van der Waals surface area contributed by atoms with Crippen LogP contribution in [0.15, 0.2) is 42.5 Å². The molecule has 0 aliphatic heterocycles. The molecule has 2 aromatic carbocycles. The number of carbonyl (C=O) groups excluding carboxylic acids is 2. The molecule has 0 atom stereocenters. The molecule has 3 amide bonds. The van der Waals surface area contributed by atoms with Gasteiger partial charge in [0.2, 0.25) is 0 Å². The predicted octanol–water partition coefficient (Wildman–Crippen LogP) is 5.28. The van der Waals surface area contributed by atoms with E-state index in [1.807, 2.05) is 0 Å². The highest BCUT2D eigenvalue weighted by Crippen LogP contribution is 2.24. The third-order valence-corrected chi connectivity index (χ3v) is 4.83. The number of rotatable bonds is 4. The minimum atomic E-state index is -1.07. The summed E-state index contributed by atoms with van der Waals surface area (Å²) in [4.78, 5) is 28.8. The Morgan fingerprint density at radius 1 is 0.964 bits per heavy atom. The molecule has 10 heteroatoms. The van der Waals surface area contributed by atoms with Gasteiger partial charge in [-0.3, -0.25) is 10.1 Å². The van der Waals surface area contributed by atoms with Gasteiger partial charge in [0.15, 0.2) is 16.8 Å². The molecule has 0 aliphatic carbocycles. The maximum absolute atomic E-state index is 13.3. The third kappa shape index (κ3) is 4.81. The Balaban J connectivity index is 1.66. The Labute approximate surface area is 167 Å². The van der Waals surface area contributed by atoms with Crippen LogP contribution < -0.4 is 16.0 Å². The molecule has 0 radical (unpaired) electrons. The Kier molecular flexibility index (Phi) is 5.86. The average molecular weight is 423 g/mol. The van der Waals surface area contributed by atoms with E-state index in [1.54, 1.807) is 31.2 Å². The maximum atomic E-state index is 13.3. The van der Waals surface area contributed by atoms with E-state index in [2.05, 4.69) is 20.9 Å². The van der Waals surface area contributed by atoms with Crippen molar-refractivity contribution in [2.45, 2.75) is 6.92 Å². The number of benzene rings is 2. The molecule has 144 valence electrons. The van der Waals surface area contributed by atoms with E-state index < -0.39 is 23.6 Å². The van der Waals surface area contributed by atoms with Crippen LogP contribution >= 0.6 is 22.9 Å². The molecule has 0 saturated carbocycles. The normalized spacial score (nSPS) is 10.4. The van der Waals surface area contributed by atoms with Crippen molar-refractivity contribution in [3.05, 3.63) is 69.7 Å². The minimum Gasteiger partial charge on any atom is -0.321 e. The lowest BCUT2D eigenvalue weighted by molar-refractivity contribution is 0.102. The molecule has 1 aromatic heterocycles. The number of hydrogen-bond acceptors (Lipinski definition) is 4. The number of nitrogens with zero attached hydrogens (tertiary/aromatic N) is 1.